The largest absolute Gasteiger partial charge is 0.336 e. The van der Waals surface area contributed by atoms with Crippen molar-refractivity contribution in [2.24, 2.45) is 0 Å². The maximum atomic E-state index is 13.7. The molecule has 2 atom stereocenters. The zero-order chi connectivity index (χ0) is 31.0. The predicted octanol–water partition coefficient (Wildman–Crippen LogP) is 6.75. The lowest BCUT2D eigenvalue weighted by Gasteiger charge is -2.35. The van der Waals surface area contributed by atoms with Gasteiger partial charge in [0.25, 0.3) is 11.8 Å². The van der Waals surface area contributed by atoms with Crippen LogP contribution in [0.1, 0.15) is 47.4 Å². The van der Waals surface area contributed by atoms with Gasteiger partial charge < -0.3 is 10.6 Å². The molecule has 0 fully saturated rings. The minimum Gasteiger partial charge on any atom is -0.336 e. The highest BCUT2D eigenvalue weighted by molar-refractivity contribution is 6.32. The van der Waals surface area contributed by atoms with Gasteiger partial charge in [-0.15, -0.1) is 0 Å². The fraction of sp³-hybridized carbons (Fsp3) is 0.212. The van der Waals surface area contributed by atoms with Crippen LogP contribution in [0, 0.1) is 0 Å². The van der Waals surface area contributed by atoms with Crippen molar-refractivity contribution in [3.63, 3.8) is 0 Å². The van der Waals surface area contributed by atoms with Gasteiger partial charge in [0, 0.05) is 10.0 Å². The van der Waals surface area contributed by atoms with E-state index in [0.29, 0.717) is 78.1 Å². The molecule has 0 aliphatic heterocycles. The third kappa shape index (κ3) is 5.74. The van der Waals surface area contributed by atoms with E-state index < -0.39 is 12.3 Å². The average Bonchev–Trinajstić information content (AvgIpc) is 3.02. The van der Waals surface area contributed by atoms with Crippen molar-refractivity contribution in [3.8, 4) is 0 Å². The molecule has 11 heteroatoms. The first-order chi connectivity index (χ1) is 21.2. The van der Waals surface area contributed by atoms with Crippen LogP contribution in [0.5, 0.6) is 0 Å². The number of hydrogen-bond donors (Lipinski definition) is 2. The number of para-hydroxylation sites is 4. The minimum absolute atomic E-state index is 0.325. The van der Waals surface area contributed by atoms with Crippen LogP contribution in [0.2, 0.25) is 10.0 Å². The highest BCUT2D eigenvalue weighted by Crippen LogP contribution is 2.26. The van der Waals surface area contributed by atoms with Crippen LogP contribution in [-0.2, 0) is 0 Å². The molecule has 9 nitrogen and oxygen atoms in total. The van der Waals surface area contributed by atoms with Crippen molar-refractivity contribution < 1.29 is 9.59 Å². The number of rotatable bonds is 8. The number of aromatic nitrogens is 4. The molecule has 4 aromatic carbocycles. The second-order valence-corrected chi connectivity index (χ2v) is 11.4. The van der Waals surface area contributed by atoms with Gasteiger partial charge in [-0.1, -0.05) is 61.3 Å². The molecule has 6 rings (SSSR count). The monoisotopic (exact) mass is 625 g/mol. The van der Waals surface area contributed by atoms with E-state index in [-0.39, 0.29) is 11.8 Å². The van der Waals surface area contributed by atoms with E-state index >= 15 is 0 Å². The fourth-order valence-corrected chi connectivity index (χ4v) is 5.81. The summed E-state index contributed by atoms with van der Waals surface area (Å²) in [7, 11) is 1.86. The maximum Gasteiger partial charge on any atom is 0.254 e. The number of carbonyl (C=O) groups is 2. The maximum absolute atomic E-state index is 13.7. The number of halogens is 2. The van der Waals surface area contributed by atoms with Gasteiger partial charge in [0.2, 0.25) is 0 Å². The Morgan fingerprint density at radius 2 is 1.00 bits per heavy atom. The summed E-state index contributed by atoms with van der Waals surface area (Å²) in [5, 5.41) is 6.98. The van der Waals surface area contributed by atoms with Gasteiger partial charge in [-0.05, 0) is 68.4 Å². The lowest BCUT2D eigenvalue weighted by atomic mass is 10.1. The number of nitrogens with zero attached hydrogens (tertiary/aromatic N) is 5. The van der Waals surface area contributed by atoms with Crippen LogP contribution in [0.4, 0.5) is 0 Å². The third-order valence-electron chi connectivity index (χ3n) is 7.66. The van der Waals surface area contributed by atoms with Crippen molar-refractivity contribution in [1.29, 1.82) is 0 Å². The molecule has 0 radical (unpaired) electrons. The Morgan fingerprint density at radius 1 is 0.636 bits per heavy atom. The Bertz CT molecular complexity index is 1920. The Labute approximate surface area is 263 Å². The van der Waals surface area contributed by atoms with Crippen LogP contribution in [0.15, 0.2) is 72.8 Å². The molecule has 0 saturated carbocycles. The van der Waals surface area contributed by atoms with E-state index in [9.17, 15) is 9.59 Å². The number of benzene rings is 4. The lowest BCUT2D eigenvalue weighted by Crippen LogP contribution is -2.55. The first kappa shape index (κ1) is 29.6. The number of amides is 2. The minimum atomic E-state index is -0.421. The highest BCUT2D eigenvalue weighted by atomic mass is 35.5. The second kappa shape index (κ2) is 12.3. The molecule has 0 aliphatic rings. The first-order valence-corrected chi connectivity index (χ1v) is 15.1. The number of carbonyl (C=O) groups excluding carboxylic acids is 2. The molecule has 2 aromatic heterocycles. The normalized spacial score (nSPS) is 13.0. The quantitative estimate of drug-likeness (QED) is 0.142. The zero-order valence-corrected chi connectivity index (χ0v) is 25.8. The first-order valence-electron chi connectivity index (χ1n) is 14.3. The van der Waals surface area contributed by atoms with Crippen molar-refractivity contribution in [1.82, 2.24) is 35.5 Å². The van der Waals surface area contributed by atoms with Gasteiger partial charge in [0.05, 0.1) is 56.6 Å². The standard InChI is InChI=1S/C33H29Cl2N7O2/c1-4-28(40-32(43)20-14-18(34)16-26-30(20)38-24-12-8-6-10-22(24)36-26)42(3)29(5-2)41-33(44)21-15-19(35)17-27-31(21)39-25-13-9-7-11-23(25)37-27/h6-17,28-29H,4-5H2,1-3H3,(H,40,43)(H,41,44). The predicted molar refractivity (Wildman–Crippen MR) is 175 cm³/mol. The van der Waals surface area contributed by atoms with Crippen molar-refractivity contribution >= 4 is 79.1 Å². The van der Waals surface area contributed by atoms with Crippen LogP contribution >= 0.6 is 23.2 Å². The molecule has 2 unspecified atom stereocenters. The van der Waals surface area contributed by atoms with Crippen molar-refractivity contribution in [2.45, 2.75) is 39.0 Å². The Kier molecular flexibility index (Phi) is 8.27. The molecule has 6 aromatic rings. The number of nitrogens with one attached hydrogen (secondary N) is 2. The summed E-state index contributed by atoms with van der Waals surface area (Å²) in [6.45, 7) is 3.93. The van der Waals surface area contributed by atoms with Gasteiger partial charge in [-0.25, -0.2) is 19.9 Å². The number of fused-ring (bicyclic) bond motifs is 4. The smallest absolute Gasteiger partial charge is 0.254 e. The topological polar surface area (TPSA) is 113 Å². The summed E-state index contributed by atoms with van der Waals surface area (Å²) < 4.78 is 0. The highest BCUT2D eigenvalue weighted by Gasteiger charge is 2.26. The van der Waals surface area contributed by atoms with E-state index in [2.05, 4.69) is 20.6 Å². The van der Waals surface area contributed by atoms with Gasteiger partial charge in [-0.3, -0.25) is 14.5 Å². The third-order valence-corrected chi connectivity index (χ3v) is 8.10. The summed E-state index contributed by atoms with van der Waals surface area (Å²) in [4.78, 5) is 48.1. The summed E-state index contributed by atoms with van der Waals surface area (Å²) >= 11 is 12.8. The number of hydrogen-bond acceptors (Lipinski definition) is 7. The molecule has 2 N–H and O–H groups in total. The van der Waals surface area contributed by atoms with E-state index in [1.165, 1.54) is 0 Å². The molecule has 0 bridgehead atoms. The van der Waals surface area contributed by atoms with Crippen molar-refractivity contribution in [3.05, 3.63) is 94.0 Å². The molecule has 0 spiro atoms. The van der Waals surface area contributed by atoms with Crippen LogP contribution < -0.4 is 10.6 Å². The summed E-state index contributed by atoms with van der Waals surface area (Å²) in [6, 6.07) is 21.6. The Morgan fingerprint density at radius 3 is 1.36 bits per heavy atom. The second-order valence-electron chi connectivity index (χ2n) is 10.5. The van der Waals surface area contributed by atoms with Crippen LogP contribution in [-0.4, -0.2) is 56.0 Å². The molecular weight excluding hydrogens is 597 g/mol. The van der Waals surface area contributed by atoms with Crippen molar-refractivity contribution in [2.75, 3.05) is 7.05 Å². The molecule has 0 aliphatic carbocycles. The van der Waals surface area contributed by atoms with Crippen LogP contribution in [0.25, 0.3) is 44.1 Å². The van der Waals surface area contributed by atoms with Gasteiger partial charge in [-0.2, -0.15) is 0 Å². The molecular formula is C33H29Cl2N7O2. The average molecular weight is 627 g/mol. The zero-order valence-electron chi connectivity index (χ0n) is 24.3. The van der Waals surface area contributed by atoms with E-state index in [0.717, 1.165) is 0 Å². The summed E-state index contributed by atoms with van der Waals surface area (Å²) in [6.07, 6.45) is 0.295. The molecule has 44 heavy (non-hydrogen) atoms. The van der Waals surface area contributed by atoms with Gasteiger partial charge in [0.1, 0.15) is 11.0 Å². The van der Waals surface area contributed by atoms with Crippen LogP contribution in [0.3, 0.4) is 0 Å². The van der Waals surface area contributed by atoms with Gasteiger partial charge >= 0.3 is 0 Å². The Balaban J connectivity index is 1.26. The van der Waals surface area contributed by atoms with E-state index in [4.69, 9.17) is 33.2 Å². The molecule has 222 valence electrons. The summed E-state index contributed by atoms with van der Waals surface area (Å²) in [5.74, 6) is -0.685. The molecule has 2 heterocycles. The molecule has 0 saturated heterocycles. The Hall–Kier alpha value is -4.44. The lowest BCUT2D eigenvalue weighted by molar-refractivity contribution is 0.0701. The summed E-state index contributed by atoms with van der Waals surface area (Å²) in [5.41, 5.74) is 5.44. The van der Waals surface area contributed by atoms with E-state index in [1.807, 2.05) is 74.3 Å². The van der Waals surface area contributed by atoms with Gasteiger partial charge in [0.15, 0.2) is 0 Å². The SMILES string of the molecule is CCC(NC(=O)c1cc(Cl)cc2nc3ccccc3nc12)N(C)C(CC)NC(=O)c1cc(Cl)cc2nc3ccccc3nc12. The fourth-order valence-electron chi connectivity index (χ4n) is 5.39. The van der Waals surface area contributed by atoms with E-state index in [1.54, 1.807) is 24.3 Å². The molecule has 2 amide bonds.